The number of aryl methyl sites for hydroxylation is 1. The summed E-state index contributed by atoms with van der Waals surface area (Å²) in [6.45, 7) is 9.63. The molecule has 1 rings (SSSR count). The zero-order valence-corrected chi connectivity index (χ0v) is 10.8. The minimum Gasteiger partial charge on any atom is -0.760 e. The third kappa shape index (κ3) is 7.63. The second-order valence-corrected chi connectivity index (χ2v) is 4.04. The van der Waals surface area contributed by atoms with E-state index in [-0.39, 0.29) is 0 Å². The average Bonchev–Trinajstić information content (AvgIpc) is 2.22. The van der Waals surface area contributed by atoms with Crippen LogP contribution in [-0.4, -0.2) is 8.76 Å². The van der Waals surface area contributed by atoms with Gasteiger partial charge < -0.3 is 4.55 Å². The molecule has 94 valence electrons. The van der Waals surface area contributed by atoms with Gasteiger partial charge in [-0.1, -0.05) is 35.9 Å². The molecule has 0 radical (unpaired) electrons. The Bertz CT molecular complexity index is 398. The highest BCUT2D eigenvalue weighted by atomic mass is 32.2. The molecule has 1 unspecified atom stereocenters. The van der Waals surface area contributed by atoms with Gasteiger partial charge in [-0.15, -0.1) is 13.2 Å². The topological polar surface area (TPSA) is 66.2 Å². The molecule has 0 fully saturated rings. The number of rotatable bonds is 4. The fourth-order valence-corrected chi connectivity index (χ4v) is 1.45. The zero-order valence-electron chi connectivity index (χ0n) is 10.0. The molecule has 1 atom stereocenters. The third-order valence-electron chi connectivity index (χ3n) is 2.09. The average molecular weight is 252 g/mol. The minimum absolute atomic E-state index is 0.948. The largest absolute Gasteiger partial charge is 0.760 e. The summed E-state index contributed by atoms with van der Waals surface area (Å²) in [5.74, 6) is 0. The summed E-state index contributed by atoms with van der Waals surface area (Å²) in [7, 11) is 0. The second kappa shape index (κ2) is 8.87. The van der Waals surface area contributed by atoms with Gasteiger partial charge in [0.15, 0.2) is 0 Å². The molecule has 0 saturated heterocycles. The van der Waals surface area contributed by atoms with Crippen molar-refractivity contribution in [3.05, 3.63) is 60.2 Å². The highest BCUT2D eigenvalue weighted by Gasteiger charge is 1.98. The maximum Gasteiger partial charge on any atom is 0.0152 e. The van der Waals surface area contributed by atoms with Crippen molar-refractivity contribution in [2.24, 2.45) is 5.14 Å². The molecule has 17 heavy (non-hydrogen) atoms. The number of hydrogen-bond donors (Lipinski definition) is 1. The summed E-state index contributed by atoms with van der Waals surface area (Å²) >= 11 is -2.36. The monoisotopic (exact) mass is 252 g/mol. The van der Waals surface area contributed by atoms with Gasteiger partial charge in [0.05, 0.1) is 0 Å². The molecule has 0 aliphatic carbocycles. The lowest BCUT2D eigenvalue weighted by Crippen LogP contribution is -1.97. The van der Waals surface area contributed by atoms with Gasteiger partial charge in [0, 0.05) is 11.3 Å². The summed E-state index contributed by atoms with van der Waals surface area (Å²) in [5, 5.41) is 4.03. The van der Waals surface area contributed by atoms with Crippen LogP contribution in [0.4, 0.5) is 0 Å². The molecule has 2 N–H and O–H groups in total. The number of allylic oxidation sites excluding steroid dienone is 2. The lowest BCUT2D eigenvalue weighted by Gasteiger charge is -2.06. The van der Waals surface area contributed by atoms with Crippen LogP contribution in [0.5, 0.6) is 0 Å². The van der Waals surface area contributed by atoms with Gasteiger partial charge in [-0.2, -0.15) is 0 Å². The molecule has 0 aromatic heterocycles. The molecular weight excluding hydrogens is 234 g/mol. The van der Waals surface area contributed by atoms with E-state index >= 15 is 0 Å². The van der Waals surface area contributed by atoms with Gasteiger partial charge in [-0.3, -0.25) is 9.35 Å². The van der Waals surface area contributed by atoms with Gasteiger partial charge >= 0.3 is 0 Å². The smallest absolute Gasteiger partial charge is 0.0152 e. The first-order valence-corrected chi connectivity index (χ1v) is 6.29. The van der Waals surface area contributed by atoms with Crippen LogP contribution >= 0.6 is 0 Å². The number of benzene rings is 1. The van der Waals surface area contributed by atoms with Crippen molar-refractivity contribution in [2.75, 3.05) is 0 Å². The van der Waals surface area contributed by atoms with E-state index < -0.39 is 11.3 Å². The van der Waals surface area contributed by atoms with E-state index in [1.165, 1.54) is 16.7 Å². The zero-order chi connectivity index (χ0) is 13.3. The first kappa shape index (κ1) is 15.8. The fourth-order valence-electron chi connectivity index (χ4n) is 1.45. The fraction of sp³-hybridized carbons (Fsp3) is 0.231. The lowest BCUT2D eigenvalue weighted by atomic mass is 9.99. The third-order valence-corrected chi connectivity index (χ3v) is 2.09. The quantitative estimate of drug-likeness (QED) is 0.659. The second-order valence-electron chi connectivity index (χ2n) is 3.52. The Labute approximate surface area is 105 Å². The van der Waals surface area contributed by atoms with Crippen molar-refractivity contribution in [1.82, 2.24) is 0 Å². The van der Waals surface area contributed by atoms with E-state index in [0.29, 0.717) is 0 Å². The minimum atomic E-state index is -2.36. The van der Waals surface area contributed by atoms with Crippen LogP contribution in [0.25, 0.3) is 0 Å². The summed E-state index contributed by atoms with van der Waals surface area (Å²) in [6.07, 6.45) is 5.78. The van der Waals surface area contributed by atoms with Gasteiger partial charge in [0.2, 0.25) is 0 Å². The summed E-state index contributed by atoms with van der Waals surface area (Å²) in [5.41, 5.74) is 4.04. The van der Waals surface area contributed by atoms with Crippen LogP contribution in [0.1, 0.15) is 16.7 Å². The number of hydrogen-bond acceptors (Lipinski definition) is 2. The molecule has 3 nitrogen and oxygen atoms in total. The van der Waals surface area contributed by atoms with E-state index in [9.17, 15) is 0 Å². The van der Waals surface area contributed by atoms with Crippen molar-refractivity contribution in [3.63, 3.8) is 0 Å². The molecule has 1 aromatic rings. The van der Waals surface area contributed by atoms with Crippen molar-refractivity contribution in [1.29, 1.82) is 0 Å². The Balaban J connectivity index is 0.000000557. The van der Waals surface area contributed by atoms with E-state index in [1.54, 1.807) is 0 Å². The van der Waals surface area contributed by atoms with Crippen LogP contribution in [0.15, 0.2) is 43.5 Å². The van der Waals surface area contributed by atoms with Gasteiger partial charge in [-0.05, 0) is 30.9 Å². The molecule has 0 aliphatic rings. The highest BCUT2D eigenvalue weighted by Crippen LogP contribution is 2.13. The van der Waals surface area contributed by atoms with E-state index in [2.05, 4.69) is 43.4 Å². The molecule has 0 bridgehead atoms. The van der Waals surface area contributed by atoms with Crippen LogP contribution in [0.3, 0.4) is 0 Å². The SMILES string of the molecule is C=CCc1ccc(C)cc1CC=C.NS(=O)[O-]. The van der Waals surface area contributed by atoms with Gasteiger partial charge in [0.1, 0.15) is 0 Å². The van der Waals surface area contributed by atoms with E-state index in [1.807, 2.05) is 12.2 Å². The number of nitrogens with two attached hydrogens (primary N) is 1. The Morgan fingerprint density at radius 2 is 1.76 bits per heavy atom. The van der Waals surface area contributed by atoms with Crippen molar-refractivity contribution < 1.29 is 8.76 Å². The van der Waals surface area contributed by atoms with Gasteiger partial charge in [0.25, 0.3) is 0 Å². The predicted octanol–water partition coefficient (Wildman–Crippen LogP) is 2.19. The van der Waals surface area contributed by atoms with E-state index in [0.717, 1.165) is 12.8 Å². The van der Waals surface area contributed by atoms with Crippen molar-refractivity contribution in [3.8, 4) is 0 Å². The highest BCUT2D eigenvalue weighted by molar-refractivity contribution is 7.76. The van der Waals surface area contributed by atoms with Crippen LogP contribution < -0.4 is 5.14 Å². The lowest BCUT2D eigenvalue weighted by molar-refractivity contribution is 0.539. The summed E-state index contributed by atoms with van der Waals surface area (Å²) < 4.78 is 17.6. The molecule has 0 heterocycles. The Morgan fingerprint density at radius 1 is 1.29 bits per heavy atom. The molecule has 0 spiro atoms. The first-order chi connectivity index (χ1) is 8.01. The molecule has 4 heteroatoms. The van der Waals surface area contributed by atoms with Crippen molar-refractivity contribution >= 4 is 11.3 Å². The van der Waals surface area contributed by atoms with E-state index in [4.69, 9.17) is 8.76 Å². The predicted molar refractivity (Wildman–Crippen MR) is 72.1 cm³/mol. The Kier molecular flexibility index (Phi) is 8.23. The van der Waals surface area contributed by atoms with Crippen molar-refractivity contribution in [2.45, 2.75) is 19.8 Å². The molecule has 0 aliphatic heterocycles. The maximum atomic E-state index is 8.78. The maximum absolute atomic E-state index is 8.78. The van der Waals surface area contributed by atoms with Crippen LogP contribution in [-0.2, 0) is 24.1 Å². The summed E-state index contributed by atoms with van der Waals surface area (Å²) in [4.78, 5) is 0. The Morgan fingerprint density at radius 3 is 2.24 bits per heavy atom. The molecule has 1 aromatic carbocycles. The standard InChI is InChI=1S/C13H16.H3NO2S/c1-4-6-12-9-8-11(3)10-13(12)7-5-2;1-4(2)3/h4-5,8-10H,1-2,6-7H2,3H3;1H2,(H,2,3)/p-1. The normalized spacial score (nSPS) is 11.0. The van der Waals surface area contributed by atoms with Gasteiger partial charge in [-0.25, -0.2) is 0 Å². The molecule has 0 saturated carbocycles. The van der Waals surface area contributed by atoms with Crippen LogP contribution in [0.2, 0.25) is 0 Å². The molecule has 0 amide bonds. The molecular formula is C13H18NO2S-. The summed E-state index contributed by atoms with van der Waals surface area (Å²) in [6, 6.07) is 6.54. The Hall–Kier alpha value is -1.23. The van der Waals surface area contributed by atoms with Crippen LogP contribution in [0, 0.1) is 6.92 Å². The first-order valence-electron chi connectivity index (χ1n) is 5.15.